The molecular weight excluding hydrogens is 428 g/mol. The molecule has 9 heteroatoms. The Hall–Kier alpha value is -3.98. The van der Waals surface area contributed by atoms with Crippen molar-refractivity contribution in [2.75, 3.05) is 23.7 Å². The van der Waals surface area contributed by atoms with Crippen LogP contribution in [0.5, 0.6) is 0 Å². The predicted molar refractivity (Wildman–Crippen MR) is 135 cm³/mol. The van der Waals surface area contributed by atoms with Crippen molar-refractivity contribution in [2.24, 2.45) is 0 Å². The Morgan fingerprint density at radius 2 is 2.00 bits per heavy atom. The number of allylic oxidation sites excluding steroid dienone is 1. The lowest BCUT2D eigenvalue weighted by Crippen LogP contribution is -2.35. The number of hydrogen-bond donors (Lipinski definition) is 3. The van der Waals surface area contributed by atoms with E-state index in [9.17, 15) is 4.79 Å². The van der Waals surface area contributed by atoms with Gasteiger partial charge in [0.1, 0.15) is 11.2 Å². The van der Waals surface area contributed by atoms with Crippen LogP contribution in [0.1, 0.15) is 18.4 Å². The molecule has 3 aromatic heterocycles. The van der Waals surface area contributed by atoms with Crippen molar-refractivity contribution in [3.05, 3.63) is 77.2 Å². The van der Waals surface area contributed by atoms with E-state index in [0.717, 1.165) is 43.0 Å². The first-order valence-corrected chi connectivity index (χ1v) is 11.5. The third-order valence-electron chi connectivity index (χ3n) is 5.89. The summed E-state index contributed by atoms with van der Waals surface area (Å²) in [7, 11) is 0. The smallest absolute Gasteiger partial charge is 0.278 e. The molecule has 174 valence electrons. The first kappa shape index (κ1) is 21.8. The summed E-state index contributed by atoms with van der Waals surface area (Å²) in [5.41, 5.74) is 2.31. The van der Waals surface area contributed by atoms with E-state index in [0.29, 0.717) is 35.4 Å². The summed E-state index contributed by atoms with van der Waals surface area (Å²) in [6, 6.07) is 14.1. The fourth-order valence-electron chi connectivity index (χ4n) is 4.26. The van der Waals surface area contributed by atoms with Crippen molar-refractivity contribution in [3.8, 4) is 5.82 Å². The number of pyridine rings is 1. The second kappa shape index (κ2) is 9.48. The molecule has 0 radical (unpaired) electrons. The summed E-state index contributed by atoms with van der Waals surface area (Å²) in [6.07, 6.45) is 5.34. The van der Waals surface area contributed by atoms with Crippen molar-refractivity contribution in [1.29, 1.82) is 0 Å². The lowest BCUT2D eigenvalue weighted by atomic mass is 10.1. The average Bonchev–Trinajstić information content (AvgIpc) is 3.11. The second-order valence-electron chi connectivity index (χ2n) is 8.46. The Kier molecular flexibility index (Phi) is 6.09. The number of aromatic nitrogens is 5. The molecule has 4 heterocycles. The zero-order valence-corrected chi connectivity index (χ0v) is 19.2. The third kappa shape index (κ3) is 4.42. The third-order valence-corrected chi connectivity index (χ3v) is 5.89. The van der Waals surface area contributed by atoms with Crippen LogP contribution in [0.3, 0.4) is 0 Å². The van der Waals surface area contributed by atoms with Crippen LogP contribution in [-0.2, 0) is 6.54 Å². The van der Waals surface area contributed by atoms with E-state index in [1.165, 1.54) is 0 Å². The molecule has 1 aliphatic rings. The quantitative estimate of drug-likeness (QED) is 0.367. The largest absolute Gasteiger partial charge is 0.367 e. The van der Waals surface area contributed by atoms with Gasteiger partial charge in [-0.25, -0.2) is 19.3 Å². The fraction of sp³-hybridized carbons (Fsp3) is 0.280. The standard InChI is InChI=1S/C25H28N8O/c1-3-14-32-24(34)20-16-27-25(29-19-7-4-6-17(2)15-19)31-23(20)33(32)22-9-5-8-21(30-22)28-18-10-12-26-13-11-18/h3-9,15-16,18,26H,1,10-14H2,2H3,(H,28,30)(H,27,29,31). The molecule has 1 aromatic carbocycles. The minimum Gasteiger partial charge on any atom is -0.367 e. The summed E-state index contributed by atoms with van der Waals surface area (Å²) in [6.45, 7) is 8.15. The summed E-state index contributed by atoms with van der Waals surface area (Å²) >= 11 is 0. The minimum absolute atomic E-state index is 0.185. The van der Waals surface area contributed by atoms with E-state index in [1.54, 1.807) is 21.6 Å². The molecule has 5 rings (SSSR count). The van der Waals surface area contributed by atoms with Gasteiger partial charge in [-0.1, -0.05) is 24.3 Å². The van der Waals surface area contributed by atoms with Crippen LogP contribution in [0, 0.1) is 6.92 Å². The van der Waals surface area contributed by atoms with Crippen molar-refractivity contribution < 1.29 is 0 Å². The van der Waals surface area contributed by atoms with E-state index in [4.69, 9.17) is 9.97 Å². The highest BCUT2D eigenvalue weighted by Gasteiger charge is 2.19. The number of nitrogens with one attached hydrogen (secondary N) is 3. The zero-order valence-electron chi connectivity index (χ0n) is 19.2. The Morgan fingerprint density at radius 3 is 2.79 bits per heavy atom. The lowest BCUT2D eigenvalue weighted by Gasteiger charge is -2.24. The number of piperidine rings is 1. The Morgan fingerprint density at radius 1 is 1.18 bits per heavy atom. The van der Waals surface area contributed by atoms with Gasteiger partial charge in [0, 0.05) is 17.9 Å². The maximum atomic E-state index is 13.2. The number of benzene rings is 1. The number of fused-ring (bicyclic) bond motifs is 1. The molecule has 0 atom stereocenters. The van der Waals surface area contributed by atoms with Gasteiger partial charge in [-0.2, -0.15) is 4.98 Å². The predicted octanol–water partition coefficient (Wildman–Crippen LogP) is 3.38. The highest BCUT2D eigenvalue weighted by molar-refractivity contribution is 5.77. The van der Waals surface area contributed by atoms with Gasteiger partial charge in [-0.3, -0.25) is 4.79 Å². The molecule has 0 bridgehead atoms. The van der Waals surface area contributed by atoms with Crippen molar-refractivity contribution in [3.63, 3.8) is 0 Å². The molecule has 9 nitrogen and oxygen atoms in total. The number of anilines is 3. The van der Waals surface area contributed by atoms with Gasteiger partial charge in [0.2, 0.25) is 5.95 Å². The fourth-order valence-corrected chi connectivity index (χ4v) is 4.26. The van der Waals surface area contributed by atoms with Gasteiger partial charge in [-0.05, 0) is 62.7 Å². The molecule has 0 aliphatic carbocycles. The molecular formula is C25H28N8O. The molecule has 3 N–H and O–H groups in total. The number of hydrogen-bond acceptors (Lipinski definition) is 7. The van der Waals surface area contributed by atoms with Crippen molar-refractivity contribution in [2.45, 2.75) is 32.4 Å². The van der Waals surface area contributed by atoms with Crippen LogP contribution in [0.15, 0.2) is 66.1 Å². The van der Waals surface area contributed by atoms with Crippen LogP contribution in [-0.4, -0.2) is 43.4 Å². The second-order valence-corrected chi connectivity index (χ2v) is 8.46. The van der Waals surface area contributed by atoms with Gasteiger partial charge >= 0.3 is 0 Å². The summed E-state index contributed by atoms with van der Waals surface area (Å²) in [5, 5.41) is 10.6. The average molecular weight is 457 g/mol. The topological polar surface area (TPSA) is 102 Å². The number of aryl methyl sites for hydroxylation is 1. The van der Waals surface area contributed by atoms with Crippen LogP contribution < -0.4 is 21.5 Å². The Labute approximate surface area is 197 Å². The SMILES string of the molecule is C=CCn1c(=O)c2cnc(Nc3cccc(C)c3)nc2n1-c1cccc(NC2CCNCC2)n1. The van der Waals surface area contributed by atoms with Crippen LogP contribution in [0.25, 0.3) is 16.9 Å². The number of nitrogens with zero attached hydrogens (tertiary/aromatic N) is 5. The van der Waals surface area contributed by atoms with Crippen molar-refractivity contribution >= 4 is 28.5 Å². The molecule has 0 saturated carbocycles. The Bertz CT molecular complexity index is 1380. The highest BCUT2D eigenvalue weighted by atomic mass is 16.1. The minimum atomic E-state index is -0.185. The van der Waals surface area contributed by atoms with Gasteiger partial charge in [0.25, 0.3) is 5.56 Å². The van der Waals surface area contributed by atoms with E-state index >= 15 is 0 Å². The molecule has 1 fully saturated rings. The number of rotatable bonds is 7. The highest BCUT2D eigenvalue weighted by Crippen LogP contribution is 2.20. The molecule has 4 aromatic rings. The van der Waals surface area contributed by atoms with Gasteiger partial charge in [0.15, 0.2) is 11.5 Å². The molecule has 1 saturated heterocycles. The molecule has 1 aliphatic heterocycles. The monoisotopic (exact) mass is 456 g/mol. The molecule has 0 amide bonds. The van der Waals surface area contributed by atoms with Gasteiger partial charge in [0.05, 0.1) is 6.54 Å². The first-order chi connectivity index (χ1) is 16.6. The first-order valence-electron chi connectivity index (χ1n) is 11.5. The molecule has 0 spiro atoms. The normalized spacial score (nSPS) is 14.3. The molecule has 0 unspecified atom stereocenters. The van der Waals surface area contributed by atoms with Gasteiger partial charge < -0.3 is 16.0 Å². The van der Waals surface area contributed by atoms with Gasteiger partial charge in [-0.15, -0.1) is 6.58 Å². The van der Waals surface area contributed by atoms with Crippen LogP contribution in [0.2, 0.25) is 0 Å². The molecule has 34 heavy (non-hydrogen) atoms. The van der Waals surface area contributed by atoms with E-state index in [2.05, 4.69) is 27.5 Å². The summed E-state index contributed by atoms with van der Waals surface area (Å²) in [4.78, 5) is 27.1. The van der Waals surface area contributed by atoms with E-state index in [-0.39, 0.29) is 5.56 Å². The van der Waals surface area contributed by atoms with Crippen LogP contribution in [0.4, 0.5) is 17.5 Å². The van der Waals surface area contributed by atoms with Crippen LogP contribution >= 0.6 is 0 Å². The van der Waals surface area contributed by atoms with E-state index in [1.807, 2.05) is 49.4 Å². The summed E-state index contributed by atoms with van der Waals surface area (Å²) < 4.78 is 3.33. The Balaban J connectivity index is 1.57. The maximum Gasteiger partial charge on any atom is 0.278 e. The van der Waals surface area contributed by atoms with E-state index < -0.39 is 0 Å². The maximum absolute atomic E-state index is 13.2. The lowest BCUT2D eigenvalue weighted by molar-refractivity contribution is 0.478. The zero-order chi connectivity index (χ0) is 23.5. The van der Waals surface area contributed by atoms with Crippen molar-refractivity contribution in [1.82, 2.24) is 29.6 Å². The summed E-state index contributed by atoms with van der Waals surface area (Å²) in [5.74, 6) is 1.79.